The smallest absolute Gasteiger partial charge is 0.305 e. The summed E-state index contributed by atoms with van der Waals surface area (Å²) in [6, 6.07) is 9.38. The normalized spacial score (nSPS) is 12.1. The molecule has 0 N–H and O–H groups in total. The van der Waals surface area contributed by atoms with E-state index in [2.05, 4.69) is 0 Å². The lowest BCUT2D eigenvalue weighted by molar-refractivity contribution is -0.145. The van der Waals surface area contributed by atoms with Gasteiger partial charge in [-0.25, -0.2) is 0 Å². The third kappa shape index (κ3) is 5.86. The molecule has 0 fully saturated rings. The van der Waals surface area contributed by atoms with Crippen molar-refractivity contribution in [1.29, 1.82) is 0 Å². The first-order valence-electron chi connectivity index (χ1n) is 6.18. The highest BCUT2D eigenvalue weighted by Gasteiger charge is 2.10. The van der Waals surface area contributed by atoms with Crippen LogP contribution >= 0.6 is 0 Å². The second-order valence-electron chi connectivity index (χ2n) is 3.91. The van der Waals surface area contributed by atoms with E-state index in [1.165, 1.54) is 6.92 Å². The van der Waals surface area contributed by atoms with Crippen molar-refractivity contribution in [2.75, 3.05) is 6.61 Å². The van der Waals surface area contributed by atoms with Gasteiger partial charge in [0.2, 0.25) is 0 Å². The Morgan fingerprint density at radius 1 is 1.26 bits per heavy atom. The number of hydrogen-bond donors (Lipinski definition) is 0. The minimum atomic E-state index is -0.459. The largest absolute Gasteiger partial charge is 0.461 e. The molecule has 19 heavy (non-hydrogen) atoms. The van der Waals surface area contributed by atoms with E-state index < -0.39 is 6.10 Å². The van der Waals surface area contributed by atoms with Crippen LogP contribution in [0.1, 0.15) is 31.9 Å². The van der Waals surface area contributed by atoms with Gasteiger partial charge in [0, 0.05) is 13.3 Å². The fraction of sp³-hybridized carbons (Fsp3) is 0.333. The molecule has 0 radical (unpaired) electrons. The monoisotopic (exact) mass is 262 g/mol. The van der Waals surface area contributed by atoms with Gasteiger partial charge in [-0.2, -0.15) is 0 Å². The zero-order valence-corrected chi connectivity index (χ0v) is 11.2. The molecule has 102 valence electrons. The third-order valence-electron chi connectivity index (χ3n) is 2.36. The lowest BCUT2D eigenvalue weighted by Crippen LogP contribution is -2.07. The Hall–Kier alpha value is -2.10. The average Bonchev–Trinajstić information content (AvgIpc) is 2.42. The first-order valence-corrected chi connectivity index (χ1v) is 6.18. The van der Waals surface area contributed by atoms with E-state index >= 15 is 0 Å². The van der Waals surface area contributed by atoms with Crippen molar-refractivity contribution in [3.05, 3.63) is 48.0 Å². The van der Waals surface area contributed by atoms with E-state index in [-0.39, 0.29) is 18.5 Å². The van der Waals surface area contributed by atoms with Crippen LogP contribution in [0.4, 0.5) is 0 Å². The van der Waals surface area contributed by atoms with Crippen LogP contribution < -0.4 is 0 Å². The molecule has 4 nitrogen and oxygen atoms in total. The SMILES string of the molecule is CCC(=O)OC/C=C/C(OC(C)=O)c1ccccc1. The van der Waals surface area contributed by atoms with Crippen molar-refractivity contribution < 1.29 is 19.1 Å². The molecule has 0 bridgehead atoms. The molecule has 1 atom stereocenters. The molecule has 1 unspecified atom stereocenters. The van der Waals surface area contributed by atoms with E-state index in [9.17, 15) is 9.59 Å². The average molecular weight is 262 g/mol. The van der Waals surface area contributed by atoms with Crippen molar-refractivity contribution in [3.8, 4) is 0 Å². The van der Waals surface area contributed by atoms with E-state index in [0.29, 0.717) is 6.42 Å². The van der Waals surface area contributed by atoms with Gasteiger partial charge in [-0.15, -0.1) is 0 Å². The molecule has 4 heteroatoms. The van der Waals surface area contributed by atoms with Gasteiger partial charge < -0.3 is 9.47 Å². The second kappa shape index (κ2) is 8.08. The topological polar surface area (TPSA) is 52.6 Å². The summed E-state index contributed by atoms with van der Waals surface area (Å²) >= 11 is 0. The number of ether oxygens (including phenoxy) is 2. The van der Waals surface area contributed by atoms with E-state index in [1.54, 1.807) is 19.1 Å². The molecule has 0 aromatic heterocycles. The molecule has 0 saturated heterocycles. The van der Waals surface area contributed by atoms with E-state index in [1.807, 2.05) is 30.3 Å². The Labute approximate surface area is 113 Å². The maximum atomic E-state index is 11.1. The van der Waals surface area contributed by atoms with Crippen LogP contribution in [0.15, 0.2) is 42.5 Å². The van der Waals surface area contributed by atoms with Crippen molar-refractivity contribution in [2.45, 2.75) is 26.4 Å². The molecular weight excluding hydrogens is 244 g/mol. The predicted molar refractivity (Wildman–Crippen MR) is 71.3 cm³/mol. The summed E-state index contributed by atoms with van der Waals surface area (Å²) in [5, 5.41) is 0. The lowest BCUT2D eigenvalue weighted by Gasteiger charge is -2.13. The van der Waals surface area contributed by atoms with Crippen LogP contribution in [0.5, 0.6) is 0 Å². The summed E-state index contributed by atoms with van der Waals surface area (Å²) in [4.78, 5) is 22.0. The van der Waals surface area contributed by atoms with E-state index in [0.717, 1.165) is 5.56 Å². The summed E-state index contributed by atoms with van der Waals surface area (Å²) in [6.07, 6.45) is 3.27. The highest BCUT2D eigenvalue weighted by atomic mass is 16.5. The number of hydrogen-bond acceptors (Lipinski definition) is 4. The fourth-order valence-corrected chi connectivity index (χ4v) is 1.46. The van der Waals surface area contributed by atoms with Crippen molar-refractivity contribution >= 4 is 11.9 Å². The summed E-state index contributed by atoms with van der Waals surface area (Å²) in [7, 11) is 0. The third-order valence-corrected chi connectivity index (χ3v) is 2.36. The van der Waals surface area contributed by atoms with Crippen LogP contribution in [0.3, 0.4) is 0 Å². The highest BCUT2D eigenvalue weighted by molar-refractivity contribution is 5.69. The molecule has 0 aliphatic heterocycles. The number of carbonyl (C=O) groups is 2. The number of carbonyl (C=O) groups excluding carboxylic acids is 2. The van der Waals surface area contributed by atoms with Crippen LogP contribution in [-0.2, 0) is 19.1 Å². The Bertz CT molecular complexity index is 437. The van der Waals surface area contributed by atoms with Gasteiger partial charge in [-0.1, -0.05) is 37.3 Å². The first-order chi connectivity index (χ1) is 9.13. The van der Waals surface area contributed by atoms with Crippen LogP contribution in [0.25, 0.3) is 0 Å². The second-order valence-corrected chi connectivity index (χ2v) is 3.91. The number of rotatable bonds is 6. The molecule has 0 spiro atoms. The minimum absolute atomic E-state index is 0.178. The molecule has 0 aliphatic carbocycles. The Morgan fingerprint density at radius 3 is 2.53 bits per heavy atom. The molecular formula is C15H18O4. The Balaban J connectivity index is 2.63. The maximum absolute atomic E-state index is 11.1. The fourth-order valence-electron chi connectivity index (χ4n) is 1.46. The van der Waals surface area contributed by atoms with Gasteiger partial charge >= 0.3 is 11.9 Å². The zero-order chi connectivity index (χ0) is 14.1. The number of benzene rings is 1. The van der Waals surface area contributed by atoms with Gasteiger partial charge in [0.05, 0.1) is 0 Å². The van der Waals surface area contributed by atoms with Gasteiger partial charge in [-0.05, 0) is 17.7 Å². The van der Waals surface area contributed by atoms with Crippen LogP contribution in [-0.4, -0.2) is 18.5 Å². The zero-order valence-electron chi connectivity index (χ0n) is 11.2. The van der Waals surface area contributed by atoms with Gasteiger partial charge in [0.25, 0.3) is 0 Å². The van der Waals surface area contributed by atoms with Crippen LogP contribution in [0, 0.1) is 0 Å². The van der Waals surface area contributed by atoms with Crippen molar-refractivity contribution in [1.82, 2.24) is 0 Å². The molecule has 0 saturated carbocycles. The van der Waals surface area contributed by atoms with Crippen molar-refractivity contribution in [2.24, 2.45) is 0 Å². The number of esters is 2. The van der Waals surface area contributed by atoms with E-state index in [4.69, 9.17) is 9.47 Å². The maximum Gasteiger partial charge on any atom is 0.305 e. The molecule has 1 aromatic rings. The molecule has 1 aromatic carbocycles. The molecule has 0 amide bonds. The quantitative estimate of drug-likeness (QED) is 0.584. The molecule has 0 heterocycles. The Morgan fingerprint density at radius 2 is 1.95 bits per heavy atom. The standard InChI is InChI=1S/C15H18O4/c1-3-15(17)18-11-7-10-14(19-12(2)16)13-8-5-4-6-9-13/h4-10,14H,3,11H2,1-2H3/b10-7+. The van der Waals surface area contributed by atoms with Crippen LogP contribution in [0.2, 0.25) is 0 Å². The minimum Gasteiger partial charge on any atom is -0.461 e. The van der Waals surface area contributed by atoms with Gasteiger partial charge in [0.15, 0.2) is 0 Å². The summed E-state index contributed by atoms with van der Waals surface area (Å²) in [5.74, 6) is -0.613. The summed E-state index contributed by atoms with van der Waals surface area (Å²) < 4.78 is 10.1. The highest BCUT2D eigenvalue weighted by Crippen LogP contribution is 2.18. The first kappa shape index (κ1) is 15.0. The predicted octanol–water partition coefficient (Wildman–Crippen LogP) is 2.80. The van der Waals surface area contributed by atoms with Gasteiger partial charge in [0.1, 0.15) is 12.7 Å². The van der Waals surface area contributed by atoms with Gasteiger partial charge in [-0.3, -0.25) is 9.59 Å². The molecule has 0 aliphatic rings. The summed E-state index contributed by atoms with van der Waals surface area (Å²) in [5.41, 5.74) is 0.871. The Kier molecular flexibility index (Phi) is 6.36. The van der Waals surface area contributed by atoms with Crippen molar-refractivity contribution in [3.63, 3.8) is 0 Å². The lowest BCUT2D eigenvalue weighted by atomic mass is 10.1. The summed E-state index contributed by atoms with van der Waals surface area (Å²) in [6.45, 7) is 3.27. The molecule has 1 rings (SSSR count).